The van der Waals surface area contributed by atoms with Crippen LogP contribution in [0.3, 0.4) is 0 Å². The lowest BCUT2D eigenvalue weighted by Crippen LogP contribution is -2.52. The number of aromatic nitrogens is 3. The van der Waals surface area contributed by atoms with Crippen LogP contribution in [0.1, 0.15) is 12.8 Å². The lowest BCUT2D eigenvalue weighted by molar-refractivity contribution is -0.120. The number of nitrogens with zero attached hydrogens (tertiary/aromatic N) is 2. The Kier molecular flexibility index (Phi) is 3.95. The van der Waals surface area contributed by atoms with E-state index in [0.29, 0.717) is 12.1 Å². The molecule has 7 nitrogen and oxygen atoms in total. The smallest absolute Gasteiger partial charge is 0.224 e. The molecular formula is C18H19N5O2. The number of amides is 1. The topological polar surface area (TPSA) is 117 Å². The number of carbonyl (C=O) groups is 1. The molecule has 3 heterocycles. The molecule has 0 spiro atoms. The second-order valence-corrected chi connectivity index (χ2v) is 6.48. The highest BCUT2D eigenvalue weighted by Gasteiger charge is 2.38. The zero-order valence-corrected chi connectivity index (χ0v) is 13.5. The number of H-pyrrole nitrogens is 1. The van der Waals surface area contributed by atoms with Gasteiger partial charge in [0, 0.05) is 53.5 Å². The number of nitrogens with two attached hydrogens (primary N) is 1. The molecule has 0 bridgehead atoms. The molecule has 7 heteroatoms. The van der Waals surface area contributed by atoms with Crippen molar-refractivity contribution in [2.45, 2.75) is 25.0 Å². The van der Waals surface area contributed by atoms with Gasteiger partial charge in [0.15, 0.2) is 0 Å². The molecule has 1 aliphatic carbocycles. The van der Waals surface area contributed by atoms with Gasteiger partial charge in [-0.2, -0.15) is 0 Å². The number of aromatic amines is 1. The summed E-state index contributed by atoms with van der Waals surface area (Å²) in [5, 5.41) is 13.5. The Hall–Kier alpha value is -2.77. The second kappa shape index (κ2) is 6.27. The van der Waals surface area contributed by atoms with Crippen molar-refractivity contribution in [1.82, 2.24) is 15.0 Å². The van der Waals surface area contributed by atoms with E-state index in [1.807, 2.05) is 24.4 Å². The van der Waals surface area contributed by atoms with Crippen molar-refractivity contribution in [2.24, 2.45) is 11.7 Å². The van der Waals surface area contributed by atoms with Gasteiger partial charge in [0.25, 0.3) is 0 Å². The number of aliphatic hydroxyl groups excluding tert-OH is 1. The van der Waals surface area contributed by atoms with Crippen molar-refractivity contribution in [3.05, 3.63) is 43.0 Å². The molecule has 0 aliphatic heterocycles. The number of fused-ring (bicyclic) bond motifs is 1. The molecule has 0 aromatic carbocycles. The largest absolute Gasteiger partial charge is 0.393 e. The highest BCUT2D eigenvalue weighted by Crippen LogP contribution is 2.30. The number of carbonyl (C=O) groups excluding carboxylic acids is 1. The van der Waals surface area contributed by atoms with E-state index >= 15 is 0 Å². The zero-order valence-electron chi connectivity index (χ0n) is 13.5. The number of anilines is 1. The van der Waals surface area contributed by atoms with E-state index < -0.39 is 6.10 Å². The predicted octanol–water partition coefficient (Wildman–Crippen LogP) is 1.66. The van der Waals surface area contributed by atoms with Gasteiger partial charge in [0.1, 0.15) is 5.65 Å². The fraction of sp³-hybridized carbons (Fsp3) is 0.278. The van der Waals surface area contributed by atoms with Crippen molar-refractivity contribution >= 4 is 22.6 Å². The molecule has 1 fully saturated rings. The van der Waals surface area contributed by atoms with Crippen LogP contribution in [0, 0.1) is 5.92 Å². The minimum absolute atomic E-state index is 0.107. The van der Waals surface area contributed by atoms with Crippen LogP contribution >= 0.6 is 0 Å². The molecule has 3 aromatic rings. The van der Waals surface area contributed by atoms with Gasteiger partial charge in [-0.15, -0.1) is 0 Å². The number of pyridine rings is 2. The Labute approximate surface area is 144 Å². The summed E-state index contributed by atoms with van der Waals surface area (Å²) in [6.07, 6.45) is 7.23. The van der Waals surface area contributed by atoms with Gasteiger partial charge in [0.05, 0.1) is 18.0 Å². The fourth-order valence-electron chi connectivity index (χ4n) is 3.20. The number of rotatable bonds is 4. The van der Waals surface area contributed by atoms with Crippen LogP contribution in [-0.2, 0) is 4.79 Å². The highest BCUT2D eigenvalue weighted by atomic mass is 16.3. The molecule has 0 saturated heterocycles. The van der Waals surface area contributed by atoms with Gasteiger partial charge in [-0.3, -0.25) is 9.78 Å². The molecule has 4 rings (SSSR count). The molecule has 128 valence electrons. The van der Waals surface area contributed by atoms with Gasteiger partial charge < -0.3 is 21.1 Å². The summed E-state index contributed by atoms with van der Waals surface area (Å²) in [6, 6.07) is 5.73. The Morgan fingerprint density at radius 3 is 2.96 bits per heavy atom. The van der Waals surface area contributed by atoms with Crippen LogP contribution in [-0.4, -0.2) is 38.1 Å². The maximum Gasteiger partial charge on any atom is 0.224 e. The lowest BCUT2D eigenvalue weighted by Gasteiger charge is -2.38. The van der Waals surface area contributed by atoms with E-state index in [2.05, 4.69) is 20.3 Å². The first kappa shape index (κ1) is 15.7. The molecule has 3 atom stereocenters. The SMILES string of the molecule is N[C@@H]1C[C@H](O)[C@H]1CC(=O)Nc1cncc(-c2cnc3[nH]ccc3c2)c1. The Morgan fingerprint density at radius 1 is 1.32 bits per heavy atom. The Morgan fingerprint density at radius 2 is 2.16 bits per heavy atom. The van der Waals surface area contributed by atoms with E-state index in [1.165, 1.54) is 0 Å². The Bertz CT molecular complexity index is 914. The Balaban J connectivity index is 1.50. The fourth-order valence-corrected chi connectivity index (χ4v) is 3.20. The first-order chi connectivity index (χ1) is 12.1. The standard InChI is InChI=1S/C18H19N5O2/c19-15-6-16(24)14(15)5-17(25)23-13-4-12(7-20-9-13)11-3-10-1-2-21-18(10)22-8-11/h1-4,7-9,14-16,24H,5-6,19H2,(H,21,22)(H,23,25)/t14-,15+,16-/m0/s1. The summed E-state index contributed by atoms with van der Waals surface area (Å²) < 4.78 is 0. The van der Waals surface area contributed by atoms with Crippen molar-refractivity contribution in [1.29, 1.82) is 0 Å². The van der Waals surface area contributed by atoms with Crippen LogP contribution < -0.4 is 11.1 Å². The molecule has 0 radical (unpaired) electrons. The van der Waals surface area contributed by atoms with E-state index in [9.17, 15) is 9.90 Å². The number of aliphatic hydroxyl groups is 1. The molecule has 1 aliphatic rings. The van der Waals surface area contributed by atoms with Gasteiger partial charge in [0.2, 0.25) is 5.91 Å². The first-order valence-corrected chi connectivity index (χ1v) is 8.22. The lowest BCUT2D eigenvalue weighted by atomic mass is 9.75. The molecular weight excluding hydrogens is 318 g/mol. The summed E-state index contributed by atoms with van der Waals surface area (Å²) in [5.41, 5.74) is 9.06. The monoisotopic (exact) mass is 337 g/mol. The van der Waals surface area contributed by atoms with E-state index in [4.69, 9.17) is 5.73 Å². The summed E-state index contributed by atoms with van der Waals surface area (Å²) in [4.78, 5) is 23.8. The summed E-state index contributed by atoms with van der Waals surface area (Å²) in [5.74, 6) is -0.339. The van der Waals surface area contributed by atoms with Crippen molar-refractivity contribution in [3.63, 3.8) is 0 Å². The van der Waals surface area contributed by atoms with Crippen LogP contribution in [0.4, 0.5) is 5.69 Å². The van der Waals surface area contributed by atoms with E-state index in [1.54, 1.807) is 18.6 Å². The van der Waals surface area contributed by atoms with Crippen LogP contribution in [0.25, 0.3) is 22.2 Å². The maximum absolute atomic E-state index is 12.2. The minimum atomic E-state index is -0.482. The van der Waals surface area contributed by atoms with Gasteiger partial charge in [-0.1, -0.05) is 0 Å². The average molecular weight is 337 g/mol. The van der Waals surface area contributed by atoms with Crippen LogP contribution in [0.15, 0.2) is 43.0 Å². The van der Waals surface area contributed by atoms with Crippen molar-refractivity contribution in [2.75, 3.05) is 5.32 Å². The molecule has 25 heavy (non-hydrogen) atoms. The maximum atomic E-state index is 12.2. The number of hydrogen-bond donors (Lipinski definition) is 4. The normalized spacial score (nSPS) is 22.6. The molecule has 5 N–H and O–H groups in total. The first-order valence-electron chi connectivity index (χ1n) is 8.22. The molecule has 1 saturated carbocycles. The minimum Gasteiger partial charge on any atom is -0.393 e. The van der Waals surface area contributed by atoms with E-state index in [-0.39, 0.29) is 24.3 Å². The van der Waals surface area contributed by atoms with Crippen molar-refractivity contribution < 1.29 is 9.90 Å². The van der Waals surface area contributed by atoms with Crippen LogP contribution in [0.5, 0.6) is 0 Å². The zero-order chi connectivity index (χ0) is 17.4. The summed E-state index contributed by atoms with van der Waals surface area (Å²) >= 11 is 0. The van der Waals surface area contributed by atoms with Gasteiger partial charge in [-0.25, -0.2) is 4.98 Å². The van der Waals surface area contributed by atoms with Crippen LogP contribution in [0.2, 0.25) is 0 Å². The quantitative estimate of drug-likeness (QED) is 0.578. The highest BCUT2D eigenvalue weighted by molar-refractivity contribution is 5.91. The molecule has 3 aromatic heterocycles. The van der Waals surface area contributed by atoms with Gasteiger partial charge in [-0.05, 0) is 24.6 Å². The molecule has 0 unspecified atom stereocenters. The van der Waals surface area contributed by atoms with Crippen molar-refractivity contribution in [3.8, 4) is 11.1 Å². The third kappa shape index (κ3) is 3.11. The third-order valence-corrected chi connectivity index (χ3v) is 4.73. The average Bonchev–Trinajstić information content (AvgIpc) is 3.08. The summed E-state index contributed by atoms with van der Waals surface area (Å²) in [7, 11) is 0. The van der Waals surface area contributed by atoms with E-state index in [0.717, 1.165) is 22.2 Å². The number of nitrogens with one attached hydrogen (secondary N) is 2. The molecule has 1 amide bonds. The summed E-state index contributed by atoms with van der Waals surface area (Å²) in [6.45, 7) is 0. The van der Waals surface area contributed by atoms with Gasteiger partial charge >= 0.3 is 0 Å². The second-order valence-electron chi connectivity index (χ2n) is 6.48. The third-order valence-electron chi connectivity index (χ3n) is 4.73. The number of hydrogen-bond acceptors (Lipinski definition) is 5. The predicted molar refractivity (Wildman–Crippen MR) is 94.7 cm³/mol.